The summed E-state index contributed by atoms with van der Waals surface area (Å²) in [6.45, 7) is 12.4. The van der Waals surface area contributed by atoms with Crippen molar-refractivity contribution in [2.75, 3.05) is 75.4 Å². The van der Waals surface area contributed by atoms with Crippen LogP contribution in [0.3, 0.4) is 0 Å². The summed E-state index contributed by atoms with van der Waals surface area (Å²) >= 11 is 6.58. The van der Waals surface area contributed by atoms with E-state index in [-0.39, 0.29) is 16.5 Å². The lowest BCUT2D eigenvalue weighted by Gasteiger charge is -2.44. The van der Waals surface area contributed by atoms with Gasteiger partial charge in [0.05, 0.1) is 49.1 Å². The highest BCUT2D eigenvalue weighted by molar-refractivity contribution is 7.71. The topological polar surface area (TPSA) is 114 Å². The molecule has 1 spiro atoms. The summed E-state index contributed by atoms with van der Waals surface area (Å²) in [6, 6.07) is 9.70. The zero-order chi connectivity index (χ0) is 35.9. The van der Waals surface area contributed by atoms with Gasteiger partial charge in [0.15, 0.2) is 11.6 Å². The molecule has 51 heavy (non-hydrogen) atoms. The van der Waals surface area contributed by atoms with Crippen molar-refractivity contribution in [1.82, 2.24) is 19.9 Å². The van der Waals surface area contributed by atoms with Crippen LogP contribution >= 0.6 is 18.7 Å². The minimum atomic E-state index is -2.91. The molecule has 3 saturated heterocycles. The number of hydrogen-bond donors (Lipinski definition) is 2. The minimum absolute atomic E-state index is 0.270. The average Bonchev–Trinajstić information content (AvgIpc) is 3.57. The zero-order valence-electron chi connectivity index (χ0n) is 29.9. The van der Waals surface area contributed by atoms with Gasteiger partial charge in [0.25, 0.3) is 0 Å². The van der Waals surface area contributed by atoms with Gasteiger partial charge in [-0.3, -0.25) is 9.88 Å². The van der Waals surface area contributed by atoms with E-state index >= 15 is 0 Å². The van der Waals surface area contributed by atoms with Gasteiger partial charge < -0.3 is 34.3 Å². The van der Waals surface area contributed by atoms with Gasteiger partial charge in [0, 0.05) is 67.5 Å². The van der Waals surface area contributed by atoms with Crippen molar-refractivity contribution in [3.8, 4) is 5.75 Å². The fourth-order valence-corrected chi connectivity index (χ4v) is 9.30. The van der Waals surface area contributed by atoms with Crippen LogP contribution in [0.4, 0.5) is 33.2 Å². The highest BCUT2D eigenvalue weighted by atomic mass is 35.5. The molecule has 7 rings (SSSR count). The molecule has 0 aliphatic carbocycles. The Morgan fingerprint density at radius 2 is 1.76 bits per heavy atom. The van der Waals surface area contributed by atoms with Crippen LogP contribution in [0.5, 0.6) is 5.75 Å². The van der Waals surface area contributed by atoms with Crippen LogP contribution in [-0.4, -0.2) is 91.5 Å². The number of methoxy groups -OCH3 is 1. The number of halogens is 2. The first-order chi connectivity index (χ1) is 24.5. The zero-order valence-corrected chi connectivity index (χ0v) is 31.5. The summed E-state index contributed by atoms with van der Waals surface area (Å²) in [6.07, 6.45) is 6.43. The molecular weight excluding hydrogens is 692 g/mol. The summed E-state index contributed by atoms with van der Waals surface area (Å²) in [5.41, 5.74) is 4.45. The first-order valence-electron chi connectivity index (χ1n) is 17.7. The Morgan fingerprint density at radius 1 is 1.04 bits per heavy atom. The first kappa shape index (κ1) is 35.8. The molecule has 11 nitrogen and oxygen atoms in total. The van der Waals surface area contributed by atoms with E-state index in [2.05, 4.69) is 54.4 Å². The standard InChI is InChI=1S/C37H46ClFN7O4P/c1-6-24-19-31(33(48-3)21-32(24)46-13-9-25(10-14-46)45-15-11-37(12-16-45)49-17-18-50-37)43-36-40-22-27(38)35(44-36)42-30-8-7-29-26(34(30)51(4,5)47)20-28(39)23(2)41-29/h7-8,19-22,25H,6,9-18H2,1-5H3,(H2,40,42,43,44). The van der Waals surface area contributed by atoms with Gasteiger partial charge in [0.2, 0.25) is 5.95 Å². The lowest BCUT2D eigenvalue weighted by Crippen LogP contribution is -2.52. The molecule has 14 heteroatoms. The van der Waals surface area contributed by atoms with Crippen molar-refractivity contribution >= 4 is 63.8 Å². The SMILES string of the molecule is CCc1cc(Nc2ncc(Cl)c(Nc3ccc4nc(C)c(F)cc4c3P(C)(C)=O)n2)c(OC)cc1N1CCC(N2CCC3(CC2)OCCO3)CC1. The summed E-state index contributed by atoms with van der Waals surface area (Å²) < 4.78 is 45.9. The van der Waals surface area contributed by atoms with E-state index in [4.69, 9.17) is 25.8 Å². The highest BCUT2D eigenvalue weighted by Gasteiger charge is 2.41. The van der Waals surface area contributed by atoms with Crippen molar-refractivity contribution in [3.05, 3.63) is 58.6 Å². The second-order valence-corrected chi connectivity index (χ2v) is 17.5. The van der Waals surface area contributed by atoms with Gasteiger partial charge in [-0.2, -0.15) is 4.98 Å². The summed E-state index contributed by atoms with van der Waals surface area (Å²) in [5.74, 6) is 0.483. The Bertz CT molecular complexity index is 1970. The highest BCUT2D eigenvalue weighted by Crippen LogP contribution is 2.43. The molecule has 0 radical (unpaired) electrons. The van der Waals surface area contributed by atoms with Crippen molar-refractivity contribution in [2.45, 2.75) is 57.8 Å². The van der Waals surface area contributed by atoms with Crippen LogP contribution in [0.15, 0.2) is 36.5 Å². The molecule has 0 unspecified atom stereocenters. The van der Waals surface area contributed by atoms with Crippen LogP contribution in [-0.2, 0) is 20.5 Å². The third-order valence-electron chi connectivity index (χ3n) is 10.4. The number of rotatable bonds is 9. The van der Waals surface area contributed by atoms with E-state index in [9.17, 15) is 8.96 Å². The number of anilines is 5. The number of likely N-dealkylation sites (tertiary alicyclic amines) is 1. The predicted octanol–water partition coefficient (Wildman–Crippen LogP) is 7.24. The van der Waals surface area contributed by atoms with Crippen LogP contribution in [0.25, 0.3) is 10.9 Å². The summed E-state index contributed by atoms with van der Waals surface area (Å²) in [4.78, 5) is 18.6. The fourth-order valence-electron chi connectivity index (χ4n) is 7.69. The molecule has 5 heterocycles. The lowest BCUT2D eigenvalue weighted by molar-refractivity contribution is -0.188. The van der Waals surface area contributed by atoms with Crippen molar-refractivity contribution in [3.63, 3.8) is 0 Å². The monoisotopic (exact) mass is 737 g/mol. The number of ether oxygens (including phenoxy) is 3. The molecule has 0 amide bonds. The minimum Gasteiger partial charge on any atom is -0.494 e. The number of fused-ring (bicyclic) bond motifs is 1. The van der Waals surface area contributed by atoms with E-state index in [1.54, 1.807) is 39.5 Å². The van der Waals surface area contributed by atoms with Crippen LogP contribution in [0.2, 0.25) is 5.02 Å². The molecule has 0 saturated carbocycles. The Hall–Kier alpha value is -3.54. The smallest absolute Gasteiger partial charge is 0.229 e. The van der Waals surface area contributed by atoms with Crippen molar-refractivity contribution in [1.29, 1.82) is 0 Å². The third-order valence-corrected chi connectivity index (χ3v) is 12.2. The third kappa shape index (κ3) is 7.39. The Balaban J connectivity index is 1.09. The largest absolute Gasteiger partial charge is 0.494 e. The van der Waals surface area contributed by atoms with Crippen LogP contribution in [0.1, 0.15) is 43.9 Å². The molecular formula is C37H46ClFN7O4P. The maximum atomic E-state index is 14.6. The molecule has 0 atom stereocenters. The number of benzene rings is 2. The molecule has 2 aromatic carbocycles. The fraction of sp³-hybridized carbons (Fsp3) is 0.486. The number of aromatic nitrogens is 3. The maximum absolute atomic E-state index is 14.6. The number of piperidine rings is 2. The Kier molecular flexibility index (Phi) is 10.2. The second kappa shape index (κ2) is 14.5. The Morgan fingerprint density at radius 3 is 2.43 bits per heavy atom. The Labute approximate surface area is 303 Å². The van der Waals surface area contributed by atoms with Gasteiger partial charge in [-0.05, 0) is 69.3 Å². The molecule has 4 aromatic rings. The summed E-state index contributed by atoms with van der Waals surface area (Å²) in [5, 5.41) is 7.80. The van der Waals surface area contributed by atoms with Gasteiger partial charge in [0.1, 0.15) is 23.7 Å². The summed E-state index contributed by atoms with van der Waals surface area (Å²) in [7, 11) is -1.25. The van der Waals surface area contributed by atoms with E-state index < -0.39 is 13.0 Å². The van der Waals surface area contributed by atoms with E-state index in [1.165, 1.54) is 23.5 Å². The van der Waals surface area contributed by atoms with Crippen molar-refractivity contribution < 1.29 is 23.2 Å². The number of aryl methyl sites for hydroxylation is 2. The van der Waals surface area contributed by atoms with E-state index in [0.29, 0.717) is 58.7 Å². The molecule has 0 bridgehead atoms. The molecule has 2 aromatic heterocycles. The maximum Gasteiger partial charge on any atom is 0.229 e. The van der Waals surface area contributed by atoms with Gasteiger partial charge in [-0.1, -0.05) is 18.5 Å². The number of hydrogen-bond acceptors (Lipinski definition) is 11. The molecule has 3 aliphatic rings. The molecule has 2 N–H and O–H groups in total. The van der Waals surface area contributed by atoms with Gasteiger partial charge >= 0.3 is 0 Å². The quantitative estimate of drug-likeness (QED) is 0.170. The predicted molar refractivity (Wildman–Crippen MR) is 202 cm³/mol. The van der Waals surface area contributed by atoms with E-state index in [0.717, 1.165) is 64.0 Å². The molecule has 3 aliphatic heterocycles. The van der Waals surface area contributed by atoms with Gasteiger partial charge in [-0.15, -0.1) is 0 Å². The van der Waals surface area contributed by atoms with Gasteiger partial charge in [-0.25, -0.2) is 9.37 Å². The number of nitrogens with one attached hydrogen (secondary N) is 2. The normalized spacial score (nSPS) is 18.5. The first-order valence-corrected chi connectivity index (χ1v) is 20.6. The number of nitrogens with zero attached hydrogens (tertiary/aromatic N) is 5. The second-order valence-electron chi connectivity index (χ2n) is 14.0. The van der Waals surface area contributed by atoms with Crippen LogP contribution < -0.4 is 25.6 Å². The average molecular weight is 738 g/mol. The molecule has 3 fully saturated rings. The van der Waals surface area contributed by atoms with Crippen molar-refractivity contribution in [2.24, 2.45) is 0 Å². The molecule has 272 valence electrons. The van der Waals surface area contributed by atoms with Crippen LogP contribution in [0, 0.1) is 12.7 Å². The number of pyridine rings is 1. The van der Waals surface area contributed by atoms with E-state index in [1.807, 2.05) is 0 Å². The lowest BCUT2D eigenvalue weighted by atomic mass is 9.96.